The molecule has 0 amide bonds. The average Bonchev–Trinajstić information content (AvgIpc) is 2.82. The van der Waals surface area contributed by atoms with E-state index in [9.17, 15) is 9.59 Å². The van der Waals surface area contributed by atoms with E-state index in [0.717, 1.165) is 5.75 Å². The standard InChI is InChI=1S/C12H17NO2S.C12H16O2S/c1-9(10-6-4-3-5-7-10)16-8-11(13)12(14)15-2;1-10(11-6-4-3-5-7-11)15-9-8-12(13)14-2/h3-7,9,11H,8,13H2,1-2H3;3-7,10H,8-9H2,1-2H3. The van der Waals surface area contributed by atoms with Gasteiger partial charge in [-0.1, -0.05) is 60.7 Å². The molecule has 7 heteroatoms. The number of thioether (sulfide) groups is 2. The van der Waals surface area contributed by atoms with E-state index in [2.05, 4.69) is 47.6 Å². The zero-order valence-electron chi connectivity index (χ0n) is 18.7. The van der Waals surface area contributed by atoms with Crippen LogP contribution >= 0.6 is 23.5 Å². The van der Waals surface area contributed by atoms with E-state index in [0.29, 0.717) is 22.7 Å². The topological polar surface area (TPSA) is 78.6 Å². The predicted octanol–water partition coefficient (Wildman–Crippen LogP) is 5.03. The van der Waals surface area contributed by atoms with Crippen molar-refractivity contribution in [1.29, 1.82) is 0 Å². The van der Waals surface area contributed by atoms with Crippen LogP contribution in [0.4, 0.5) is 0 Å². The van der Waals surface area contributed by atoms with Crippen molar-refractivity contribution >= 4 is 35.5 Å². The van der Waals surface area contributed by atoms with Gasteiger partial charge >= 0.3 is 11.9 Å². The second-order valence-electron chi connectivity index (χ2n) is 6.77. The lowest BCUT2D eigenvalue weighted by Gasteiger charge is -2.14. The van der Waals surface area contributed by atoms with Crippen molar-refractivity contribution in [1.82, 2.24) is 0 Å². The normalized spacial score (nSPS) is 13.2. The van der Waals surface area contributed by atoms with Gasteiger partial charge < -0.3 is 15.2 Å². The molecular formula is C24H33NO4S2. The quantitative estimate of drug-likeness (QED) is 0.495. The lowest BCUT2D eigenvalue weighted by Crippen LogP contribution is -2.34. The third kappa shape index (κ3) is 11.3. The van der Waals surface area contributed by atoms with Gasteiger partial charge in [-0.25, -0.2) is 0 Å². The molecule has 0 bridgehead atoms. The number of hydrogen-bond donors (Lipinski definition) is 1. The fourth-order valence-electron chi connectivity index (χ4n) is 2.53. The number of hydrogen-bond acceptors (Lipinski definition) is 7. The molecule has 0 radical (unpaired) electrons. The van der Waals surface area contributed by atoms with Gasteiger partial charge in [0.25, 0.3) is 0 Å². The zero-order valence-corrected chi connectivity index (χ0v) is 20.3. The molecule has 5 nitrogen and oxygen atoms in total. The van der Waals surface area contributed by atoms with Crippen LogP contribution in [0, 0.1) is 0 Å². The van der Waals surface area contributed by atoms with Crippen LogP contribution in [0.2, 0.25) is 0 Å². The Morgan fingerprint density at radius 3 is 1.77 bits per heavy atom. The highest BCUT2D eigenvalue weighted by atomic mass is 32.2. The summed E-state index contributed by atoms with van der Waals surface area (Å²) in [5, 5.41) is 0.757. The number of esters is 2. The Morgan fingerprint density at radius 1 is 0.839 bits per heavy atom. The molecule has 31 heavy (non-hydrogen) atoms. The number of carbonyl (C=O) groups is 2. The lowest BCUT2D eigenvalue weighted by atomic mass is 10.2. The molecule has 2 N–H and O–H groups in total. The maximum atomic E-state index is 11.1. The molecule has 2 aromatic carbocycles. The number of benzene rings is 2. The Kier molecular flexibility index (Phi) is 13.8. The first kappa shape index (κ1) is 27.1. The molecule has 0 aliphatic heterocycles. The minimum absolute atomic E-state index is 0.136. The molecule has 170 valence electrons. The third-order valence-corrected chi connectivity index (χ3v) is 7.01. The van der Waals surface area contributed by atoms with Crippen LogP contribution in [0.5, 0.6) is 0 Å². The molecule has 3 unspecified atom stereocenters. The fourth-order valence-corrected chi connectivity index (χ4v) is 4.50. The predicted molar refractivity (Wildman–Crippen MR) is 131 cm³/mol. The van der Waals surface area contributed by atoms with E-state index in [1.54, 1.807) is 23.5 Å². The maximum absolute atomic E-state index is 11.1. The Balaban J connectivity index is 0.000000311. The minimum atomic E-state index is -0.541. The molecule has 3 atom stereocenters. The van der Waals surface area contributed by atoms with Gasteiger partial charge in [-0.05, 0) is 25.0 Å². The van der Waals surface area contributed by atoms with E-state index in [1.165, 1.54) is 25.3 Å². The van der Waals surface area contributed by atoms with Crippen LogP contribution in [0.3, 0.4) is 0 Å². The van der Waals surface area contributed by atoms with E-state index in [1.807, 2.05) is 36.4 Å². The van der Waals surface area contributed by atoms with E-state index in [4.69, 9.17) is 5.73 Å². The van der Waals surface area contributed by atoms with Crippen LogP contribution < -0.4 is 5.73 Å². The highest BCUT2D eigenvalue weighted by Crippen LogP contribution is 2.28. The van der Waals surface area contributed by atoms with E-state index >= 15 is 0 Å². The summed E-state index contributed by atoms with van der Waals surface area (Å²) in [6.45, 7) is 4.25. The number of rotatable bonds is 10. The summed E-state index contributed by atoms with van der Waals surface area (Å²) in [4.78, 5) is 22.0. The van der Waals surface area contributed by atoms with Crippen molar-refractivity contribution in [2.75, 3.05) is 25.7 Å². The van der Waals surface area contributed by atoms with Gasteiger partial charge in [0.05, 0.1) is 20.6 Å². The Bertz CT molecular complexity index is 759. The fraction of sp³-hybridized carbons (Fsp3) is 0.417. The van der Waals surface area contributed by atoms with Crippen LogP contribution in [0.15, 0.2) is 60.7 Å². The van der Waals surface area contributed by atoms with Crippen molar-refractivity contribution in [3.05, 3.63) is 71.8 Å². The summed E-state index contributed by atoms with van der Waals surface area (Å²) >= 11 is 3.43. The van der Waals surface area contributed by atoms with Crippen molar-refractivity contribution in [3.63, 3.8) is 0 Å². The van der Waals surface area contributed by atoms with Crippen LogP contribution in [0.1, 0.15) is 41.9 Å². The molecule has 0 aromatic heterocycles. The molecule has 0 saturated carbocycles. The largest absolute Gasteiger partial charge is 0.469 e. The second kappa shape index (κ2) is 15.8. The molecule has 0 aliphatic rings. The highest BCUT2D eigenvalue weighted by molar-refractivity contribution is 7.99. The highest BCUT2D eigenvalue weighted by Gasteiger charge is 2.15. The number of ether oxygens (including phenoxy) is 2. The summed E-state index contributed by atoms with van der Waals surface area (Å²) in [7, 11) is 2.78. The third-order valence-electron chi connectivity index (χ3n) is 4.47. The Hall–Kier alpha value is -1.96. The molecule has 0 heterocycles. The van der Waals surface area contributed by atoms with Gasteiger partial charge in [-0.3, -0.25) is 9.59 Å². The van der Waals surface area contributed by atoms with Gasteiger partial charge in [-0.2, -0.15) is 23.5 Å². The first-order chi connectivity index (χ1) is 14.9. The van der Waals surface area contributed by atoms with Crippen molar-refractivity contribution in [2.24, 2.45) is 5.73 Å². The molecule has 0 saturated heterocycles. The lowest BCUT2D eigenvalue weighted by molar-refractivity contribution is -0.141. The van der Waals surface area contributed by atoms with Crippen molar-refractivity contribution in [3.8, 4) is 0 Å². The Labute approximate surface area is 194 Å². The number of carbonyl (C=O) groups excluding carboxylic acids is 2. The van der Waals surface area contributed by atoms with Crippen molar-refractivity contribution in [2.45, 2.75) is 36.8 Å². The van der Waals surface area contributed by atoms with Crippen LogP contribution in [-0.2, 0) is 19.1 Å². The first-order valence-corrected chi connectivity index (χ1v) is 12.2. The summed E-state index contributed by atoms with van der Waals surface area (Å²) in [6.07, 6.45) is 0.484. The monoisotopic (exact) mass is 463 g/mol. The zero-order chi connectivity index (χ0) is 23.1. The van der Waals surface area contributed by atoms with E-state index in [-0.39, 0.29) is 11.9 Å². The smallest absolute Gasteiger partial charge is 0.323 e. The molecule has 0 fully saturated rings. The number of nitrogens with two attached hydrogens (primary N) is 1. The first-order valence-electron chi connectivity index (χ1n) is 10.1. The second-order valence-corrected chi connectivity index (χ2v) is 9.59. The maximum Gasteiger partial charge on any atom is 0.323 e. The molecule has 2 aromatic rings. The molecule has 0 aliphatic carbocycles. The van der Waals surface area contributed by atoms with E-state index < -0.39 is 6.04 Å². The summed E-state index contributed by atoms with van der Waals surface area (Å²) in [5.74, 6) is 0.890. The SMILES string of the molecule is COC(=O)C(N)CSC(C)c1ccccc1.COC(=O)CCSC(C)c1ccccc1. The number of methoxy groups -OCH3 is 2. The van der Waals surface area contributed by atoms with Crippen LogP contribution in [0.25, 0.3) is 0 Å². The average molecular weight is 464 g/mol. The summed E-state index contributed by atoms with van der Waals surface area (Å²) in [6, 6.07) is 19.9. The molecular weight excluding hydrogens is 430 g/mol. The van der Waals surface area contributed by atoms with Gasteiger partial charge in [0.15, 0.2) is 0 Å². The minimum Gasteiger partial charge on any atom is -0.469 e. The molecule has 0 spiro atoms. The van der Waals surface area contributed by atoms with Gasteiger partial charge in [0.2, 0.25) is 0 Å². The van der Waals surface area contributed by atoms with Gasteiger partial charge in [0.1, 0.15) is 6.04 Å². The van der Waals surface area contributed by atoms with Crippen molar-refractivity contribution < 1.29 is 19.1 Å². The van der Waals surface area contributed by atoms with Crippen LogP contribution in [-0.4, -0.2) is 43.7 Å². The van der Waals surface area contributed by atoms with Gasteiger partial charge in [-0.15, -0.1) is 0 Å². The molecule has 2 rings (SSSR count). The summed E-state index contributed by atoms with van der Waals surface area (Å²) < 4.78 is 9.16. The summed E-state index contributed by atoms with van der Waals surface area (Å²) in [5.41, 5.74) is 8.20. The Morgan fingerprint density at radius 2 is 1.32 bits per heavy atom. The van der Waals surface area contributed by atoms with Gasteiger partial charge in [0, 0.05) is 22.0 Å².